The normalized spacial score (nSPS) is 19.1. The number of aldehydes is 2. The summed E-state index contributed by atoms with van der Waals surface area (Å²) in [6.07, 6.45) is 6.21. The summed E-state index contributed by atoms with van der Waals surface area (Å²) in [6.45, 7) is 1.93. The van der Waals surface area contributed by atoms with E-state index >= 15 is 0 Å². The lowest BCUT2D eigenvalue weighted by atomic mass is 9.71. The molecular weight excluding hydrogens is 474 g/mol. The molecule has 4 rings (SSSR count). The van der Waals surface area contributed by atoms with Crippen molar-refractivity contribution in [3.8, 4) is 17.1 Å². The zero-order valence-corrected chi connectivity index (χ0v) is 19.8. The highest BCUT2D eigenvalue weighted by Gasteiger charge is 2.40. The van der Waals surface area contributed by atoms with Crippen molar-refractivity contribution >= 4 is 30.1 Å². The van der Waals surface area contributed by atoms with Gasteiger partial charge in [0.25, 0.3) is 0 Å². The predicted molar refractivity (Wildman–Crippen MR) is 126 cm³/mol. The number of carbonyl (C=O) groups is 3. The van der Waals surface area contributed by atoms with Gasteiger partial charge in [-0.05, 0) is 62.4 Å². The summed E-state index contributed by atoms with van der Waals surface area (Å²) < 4.78 is 5.91. The number of carboxylic acid groups (broad SMARTS) is 1. The van der Waals surface area contributed by atoms with Gasteiger partial charge >= 0.3 is 5.97 Å². The Morgan fingerprint density at radius 3 is 2.14 bits per heavy atom. The minimum Gasteiger partial charge on any atom is -0.481 e. The van der Waals surface area contributed by atoms with Gasteiger partial charge < -0.3 is 9.84 Å². The Bertz CT molecular complexity index is 1130. The molecule has 0 bridgehead atoms. The van der Waals surface area contributed by atoms with Gasteiger partial charge in [0.2, 0.25) is 5.88 Å². The van der Waals surface area contributed by atoms with Gasteiger partial charge in [0, 0.05) is 17.8 Å². The number of carbonyl (C=O) groups excluding carboxylic acids is 2. The number of carboxylic acids is 1. The Hall–Kier alpha value is -3.79. The highest BCUT2D eigenvalue weighted by Crippen LogP contribution is 2.40. The molecule has 3 aromatic rings. The number of nitrogens with zero attached hydrogens (tertiary/aromatic N) is 5. The van der Waals surface area contributed by atoms with Crippen molar-refractivity contribution in [1.82, 2.24) is 25.4 Å². The van der Waals surface area contributed by atoms with E-state index < -0.39 is 11.4 Å². The number of pyridine rings is 1. The topological polar surface area (TPSA) is 145 Å². The van der Waals surface area contributed by atoms with E-state index in [0.717, 1.165) is 5.56 Å². The maximum Gasteiger partial charge on any atom is 0.309 e. The van der Waals surface area contributed by atoms with Crippen LogP contribution < -0.4 is 4.74 Å². The van der Waals surface area contributed by atoms with Gasteiger partial charge in [0.05, 0.1) is 11.1 Å². The number of aromatic nitrogens is 5. The molecular formula is C24H24ClN5O5. The molecule has 0 amide bonds. The van der Waals surface area contributed by atoms with Crippen LogP contribution in [-0.4, -0.2) is 55.1 Å². The Balaban J connectivity index is 0.000000320. The molecule has 182 valence electrons. The van der Waals surface area contributed by atoms with Gasteiger partial charge in [-0.1, -0.05) is 18.5 Å². The van der Waals surface area contributed by atoms with Gasteiger partial charge in [0.1, 0.15) is 17.5 Å². The molecule has 0 aromatic carbocycles. The molecule has 35 heavy (non-hydrogen) atoms. The Kier molecular flexibility index (Phi) is 8.91. The first kappa shape index (κ1) is 25.8. The molecule has 3 heterocycles. The van der Waals surface area contributed by atoms with Crippen LogP contribution in [0, 0.1) is 5.41 Å². The van der Waals surface area contributed by atoms with Crippen LogP contribution >= 0.6 is 11.6 Å². The minimum absolute atomic E-state index is 0.0148. The Labute approximate surface area is 206 Å². The summed E-state index contributed by atoms with van der Waals surface area (Å²) in [6, 6.07) is 9.93. The molecule has 0 spiro atoms. The quantitative estimate of drug-likeness (QED) is 0.473. The van der Waals surface area contributed by atoms with E-state index in [2.05, 4.69) is 25.4 Å². The molecule has 0 saturated heterocycles. The third-order valence-electron chi connectivity index (χ3n) is 5.92. The second-order valence-corrected chi connectivity index (χ2v) is 8.39. The highest BCUT2D eigenvalue weighted by atomic mass is 35.5. The molecule has 3 aromatic heterocycles. The molecule has 1 saturated carbocycles. The molecule has 0 atom stereocenters. The van der Waals surface area contributed by atoms with Crippen molar-refractivity contribution in [3.05, 3.63) is 59.1 Å². The Morgan fingerprint density at radius 1 is 1.03 bits per heavy atom. The van der Waals surface area contributed by atoms with Crippen molar-refractivity contribution in [1.29, 1.82) is 0 Å². The molecule has 0 aliphatic heterocycles. The number of ether oxygens (including phenoxy) is 1. The first-order valence-corrected chi connectivity index (χ1v) is 11.4. The lowest BCUT2D eigenvalue weighted by Gasteiger charge is -2.35. The van der Waals surface area contributed by atoms with Crippen molar-refractivity contribution in [3.63, 3.8) is 0 Å². The summed E-state index contributed by atoms with van der Waals surface area (Å²) in [4.78, 5) is 36.4. The number of halogens is 1. The fourth-order valence-electron chi connectivity index (χ4n) is 3.70. The van der Waals surface area contributed by atoms with Crippen molar-refractivity contribution < 1.29 is 24.2 Å². The molecule has 1 aliphatic rings. The number of aliphatic carboxylic acids is 1. The monoisotopic (exact) mass is 497 g/mol. The first-order chi connectivity index (χ1) is 16.9. The average Bonchev–Trinajstić information content (AvgIpc) is 2.90. The smallest absolute Gasteiger partial charge is 0.309 e. The third kappa shape index (κ3) is 6.86. The summed E-state index contributed by atoms with van der Waals surface area (Å²) in [5, 5.41) is 24.4. The molecule has 0 radical (unpaired) electrons. The maximum absolute atomic E-state index is 11.5. The number of rotatable bonds is 7. The average molecular weight is 498 g/mol. The zero-order valence-electron chi connectivity index (χ0n) is 19.0. The van der Waals surface area contributed by atoms with Crippen LogP contribution in [0.4, 0.5) is 0 Å². The zero-order chi connectivity index (χ0) is 25.3. The fourth-order valence-corrected chi connectivity index (χ4v) is 3.80. The lowest BCUT2D eigenvalue weighted by Crippen LogP contribution is -2.38. The maximum atomic E-state index is 11.5. The SMILES string of the molecule is CC[C@]1(C(=O)O)CC[C@@H](Oc2ccc(-c3ccc(C=O)nn3)cn2)CC1.O=Cc1ccc(Cl)nn1. The van der Waals surface area contributed by atoms with Crippen LogP contribution in [0.1, 0.15) is 60.0 Å². The van der Waals surface area contributed by atoms with E-state index in [9.17, 15) is 19.5 Å². The van der Waals surface area contributed by atoms with Crippen molar-refractivity contribution in [2.24, 2.45) is 5.41 Å². The highest BCUT2D eigenvalue weighted by molar-refractivity contribution is 6.29. The molecule has 0 unspecified atom stereocenters. The van der Waals surface area contributed by atoms with Gasteiger partial charge in [-0.3, -0.25) is 14.4 Å². The van der Waals surface area contributed by atoms with E-state index in [0.29, 0.717) is 67.1 Å². The van der Waals surface area contributed by atoms with Crippen LogP contribution in [-0.2, 0) is 4.79 Å². The van der Waals surface area contributed by atoms with Crippen LogP contribution in [0.25, 0.3) is 11.3 Å². The van der Waals surface area contributed by atoms with E-state index in [1.807, 2.05) is 13.0 Å². The van der Waals surface area contributed by atoms with E-state index in [1.165, 1.54) is 12.1 Å². The van der Waals surface area contributed by atoms with Gasteiger partial charge in [-0.25, -0.2) is 4.98 Å². The second-order valence-electron chi connectivity index (χ2n) is 8.00. The molecule has 11 heteroatoms. The third-order valence-corrected chi connectivity index (χ3v) is 6.12. The van der Waals surface area contributed by atoms with Gasteiger partial charge in [-0.15, -0.1) is 20.4 Å². The Morgan fingerprint density at radius 2 is 1.69 bits per heavy atom. The molecule has 10 nitrogen and oxygen atoms in total. The van der Waals surface area contributed by atoms with Crippen LogP contribution in [0.5, 0.6) is 5.88 Å². The summed E-state index contributed by atoms with van der Waals surface area (Å²) in [5.41, 5.74) is 1.37. The van der Waals surface area contributed by atoms with Crippen LogP contribution in [0.3, 0.4) is 0 Å². The second kappa shape index (κ2) is 12.1. The predicted octanol–water partition coefficient (Wildman–Crippen LogP) is 4.10. The standard InChI is InChI=1S/C19H21N3O4.C5H3ClN2O/c1-2-19(18(24)25)9-7-15(8-10-19)26-17-6-3-13(11-20-17)16-5-4-14(12-23)21-22-16;6-5-2-1-4(3-9)7-8-5/h3-6,11-12,15H,2,7-10H2,1H3,(H,24,25);1-3H/t15-,19+;. The van der Waals surface area contributed by atoms with Gasteiger partial charge in [-0.2, -0.15) is 0 Å². The van der Waals surface area contributed by atoms with E-state index in [4.69, 9.17) is 16.3 Å². The van der Waals surface area contributed by atoms with Crippen molar-refractivity contribution in [2.45, 2.75) is 45.1 Å². The van der Waals surface area contributed by atoms with E-state index in [-0.39, 0.29) is 11.8 Å². The summed E-state index contributed by atoms with van der Waals surface area (Å²) >= 11 is 5.38. The molecule has 1 aliphatic carbocycles. The first-order valence-electron chi connectivity index (χ1n) is 11.0. The van der Waals surface area contributed by atoms with E-state index in [1.54, 1.807) is 24.4 Å². The lowest BCUT2D eigenvalue weighted by molar-refractivity contribution is -0.152. The van der Waals surface area contributed by atoms with Crippen molar-refractivity contribution in [2.75, 3.05) is 0 Å². The number of hydrogen-bond acceptors (Lipinski definition) is 9. The number of hydrogen-bond donors (Lipinski definition) is 1. The molecule has 1 N–H and O–H groups in total. The molecule has 1 fully saturated rings. The minimum atomic E-state index is -0.706. The van der Waals surface area contributed by atoms with Gasteiger partial charge in [0.15, 0.2) is 17.7 Å². The fraction of sp³-hybridized carbons (Fsp3) is 0.333. The van der Waals surface area contributed by atoms with Crippen LogP contribution in [0.15, 0.2) is 42.6 Å². The summed E-state index contributed by atoms with van der Waals surface area (Å²) in [7, 11) is 0. The van der Waals surface area contributed by atoms with Crippen LogP contribution in [0.2, 0.25) is 5.15 Å². The largest absolute Gasteiger partial charge is 0.481 e. The summed E-state index contributed by atoms with van der Waals surface area (Å²) in [5.74, 6) is -0.196.